The lowest BCUT2D eigenvalue weighted by Crippen LogP contribution is -2.05. The van der Waals surface area contributed by atoms with E-state index in [1.54, 1.807) is 13.2 Å². The number of ether oxygens (including phenoxy) is 2. The summed E-state index contributed by atoms with van der Waals surface area (Å²) in [5, 5.41) is 0.464. The molecular weight excluding hydrogens is 272 g/mol. The first-order valence-electron chi connectivity index (χ1n) is 4.70. The molecule has 86 valence electrons. The summed E-state index contributed by atoms with van der Waals surface area (Å²) in [6.45, 7) is 0. The fourth-order valence-electron chi connectivity index (χ4n) is 1.18. The average molecular weight is 285 g/mol. The monoisotopic (exact) mass is 284 g/mol. The van der Waals surface area contributed by atoms with E-state index in [0.717, 1.165) is 11.3 Å². The molecule has 0 aromatic heterocycles. The molecule has 0 amide bonds. The Hall–Kier alpha value is -1.29. The second-order valence-electron chi connectivity index (χ2n) is 3.07. The maximum atomic E-state index is 11.3. The van der Waals surface area contributed by atoms with Crippen LogP contribution in [0.1, 0.15) is 5.56 Å². The summed E-state index contributed by atoms with van der Waals surface area (Å²) in [5.74, 6) is 0.461. The smallest absolute Gasteiger partial charge is 0.334 e. The molecule has 16 heavy (non-hydrogen) atoms. The predicted octanol–water partition coefficient (Wildman–Crippen LogP) is 2.65. The summed E-state index contributed by atoms with van der Waals surface area (Å²) >= 11 is 3.25. The van der Waals surface area contributed by atoms with Crippen LogP contribution in [0.25, 0.3) is 6.08 Å². The first kappa shape index (κ1) is 12.8. The molecule has 0 spiro atoms. The van der Waals surface area contributed by atoms with Crippen LogP contribution in [0.2, 0.25) is 0 Å². The molecule has 0 fully saturated rings. The van der Waals surface area contributed by atoms with Crippen LogP contribution in [0, 0.1) is 0 Å². The number of hydrogen-bond donors (Lipinski definition) is 0. The van der Waals surface area contributed by atoms with Crippen molar-refractivity contribution in [1.29, 1.82) is 0 Å². The predicted molar refractivity (Wildman–Crippen MR) is 66.8 cm³/mol. The molecule has 1 aromatic rings. The number of alkyl halides is 1. The molecule has 0 heterocycles. The van der Waals surface area contributed by atoms with Crippen molar-refractivity contribution in [2.45, 2.75) is 0 Å². The van der Waals surface area contributed by atoms with E-state index in [9.17, 15) is 4.79 Å². The zero-order valence-corrected chi connectivity index (χ0v) is 10.8. The van der Waals surface area contributed by atoms with E-state index in [1.807, 2.05) is 24.3 Å². The van der Waals surface area contributed by atoms with E-state index in [0.29, 0.717) is 10.9 Å². The molecule has 0 aliphatic rings. The van der Waals surface area contributed by atoms with E-state index in [2.05, 4.69) is 20.7 Å². The van der Waals surface area contributed by atoms with Crippen LogP contribution in [-0.4, -0.2) is 25.5 Å². The Morgan fingerprint density at radius 1 is 1.31 bits per heavy atom. The Bertz CT molecular complexity index is 382. The Morgan fingerprint density at radius 2 is 1.94 bits per heavy atom. The van der Waals surface area contributed by atoms with Crippen LogP contribution < -0.4 is 4.74 Å². The highest BCUT2D eigenvalue weighted by Gasteiger charge is 2.07. The van der Waals surface area contributed by atoms with Crippen LogP contribution >= 0.6 is 15.9 Å². The largest absolute Gasteiger partial charge is 0.497 e. The molecule has 0 saturated carbocycles. The van der Waals surface area contributed by atoms with Crippen molar-refractivity contribution < 1.29 is 14.3 Å². The summed E-state index contributed by atoms with van der Waals surface area (Å²) < 4.78 is 9.71. The Labute approximate surface area is 103 Å². The number of methoxy groups -OCH3 is 2. The van der Waals surface area contributed by atoms with Gasteiger partial charge in [0.1, 0.15) is 5.75 Å². The second kappa shape index (κ2) is 6.33. The first-order chi connectivity index (χ1) is 7.71. The van der Waals surface area contributed by atoms with Crippen molar-refractivity contribution in [3.05, 3.63) is 35.4 Å². The van der Waals surface area contributed by atoms with Gasteiger partial charge in [0, 0.05) is 10.9 Å². The van der Waals surface area contributed by atoms with Gasteiger partial charge in [-0.15, -0.1) is 0 Å². The van der Waals surface area contributed by atoms with Gasteiger partial charge in [0.2, 0.25) is 0 Å². The number of carbonyl (C=O) groups is 1. The van der Waals surface area contributed by atoms with Crippen LogP contribution in [0.4, 0.5) is 0 Å². The Balaban J connectivity index is 2.91. The number of halogens is 1. The standard InChI is InChI=1S/C12H13BrO3/c1-15-11-5-3-9(4-6-11)7-10(8-13)12(14)16-2/h3-7H,8H2,1-2H3/b10-7-. The minimum absolute atomic E-state index is 0.326. The number of carbonyl (C=O) groups excluding carboxylic acids is 1. The molecule has 3 nitrogen and oxygen atoms in total. The fraction of sp³-hybridized carbons (Fsp3) is 0.250. The quantitative estimate of drug-likeness (QED) is 0.484. The topological polar surface area (TPSA) is 35.5 Å². The van der Waals surface area contributed by atoms with Crippen LogP contribution in [0.5, 0.6) is 5.75 Å². The number of rotatable bonds is 4. The highest BCUT2D eigenvalue weighted by Crippen LogP contribution is 2.15. The van der Waals surface area contributed by atoms with Crippen molar-refractivity contribution in [2.24, 2.45) is 0 Å². The molecule has 1 rings (SSSR count). The van der Waals surface area contributed by atoms with Gasteiger partial charge in [0.05, 0.1) is 14.2 Å². The van der Waals surface area contributed by atoms with E-state index < -0.39 is 0 Å². The minimum atomic E-state index is -0.326. The lowest BCUT2D eigenvalue weighted by molar-refractivity contribution is -0.135. The number of hydrogen-bond acceptors (Lipinski definition) is 3. The third kappa shape index (κ3) is 3.38. The zero-order chi connectivity index (χ0) is 12.0. The highest BCUT2D eigenvalue weighted by molar-refractivity contribution is 9.09. The van der Waals surface area contributed by atoms with Gasteiger partial charge in [0.25, 0.3) is 0 Å². The molecule has 0 aliphatic heterocycles. The average Bonchev–Trinajstić information content (AvgIpc) is 2.35. The van der Waals surface area contributed by atoms with E-state index in [1.165, 1.54) is 7.11 Å². The van der Waals surface area contributed by atoms with E-state index in [4.69, 9.17) is 4.74 Å². The van der Waals surface area contributed by atoms with Crippen molar-refractivity contribution in [2.75, 3.05) is 19.5 Å². The van der Waals surface area contributed by atoms with Crippen LogP contribution in [0.3, 0.4) is 0 Å². The molecule has 0 unspecified atom stereocenters. The molecule has 0 bridgehead atoms. The number of benzene rings is 1. The second-order valence-corrected chi connectivity index (χ2v) is 3.63. The molecule has 0 N–H and O–H groups in total. The van der Waals surface area contributed by atoms with Crippen molar-refractivity contribution in [3.63, 3.8) is 0 Å². The third-order valence-electron chi connectivity index (χ3n) is 2.05. The fourth-order valence-corrected chi connectivity index (χ4v) is 1.58. The Kier molecular flexibility index (Phi) is 5.05. The summed E-state index contributed by atoms with van der Waals surface area (Å²) in [6, 6.07) is 7.44. The van der Waals surface area contributed by atoms with Gasteiger partial charge in [-0.2, -0.15) is 0 Å². The van der Waals surface area contributed by atoms with Gasteiger partial charge in [-0.05, 0) is 23.8 Å². The SMILES string of the molecule is COC(=O)/C(=C\c1ccc(OC)cc1)CBr. The highest BCUT2D eigenvalue weighted by atomic mass is 79.9. The first-order valence-corrected chi connectivity index (χ1v) is 5.82. The summed E-state index contributed by atoms with van der Waals surface area (Å²) in [7, 11) is 2.98. The van der Waals surface area contributed by atoms with Crippen LogP contribution in [0.15, 0.2) is 29.8 Å². The zero-order valence-electron chi connectivity index (χ0n) is 9.20. The van der Waals surface area contributed by atoms with Gasteiger partial charge >= 0.3 is 5.97 Å². The maximum Gasteiger partial charge on any atom is 0.334 e. The molecular formula is C12H13BrO3. The van der Waals surface area contributed by atoms with Gasteiger partial charge in [-0.1, -0.05) is 28.1 Å². The van der Waals surface area contributed by atoms with Gasteiger partial charge in [-0.3, -0.25) is 0 Å². The molecule has 0 saturated heterocycles. The van der Waals surface area contributed by atoms with Gasteiger partial charge in [0.15, 0.2) is 0 Å². The molecule has 0 atom stereocenters. The lowest BCUT2D eigenvalue weighted by Gasteiger charge is -2.02. The molecule has 0 radical (unpaired) electrons. The minimum Gasteiger partial charge on any atom is -0.497 e. The van der Waals surface area contributed by atoms with Crippen molar-refractivity contribution >= 4 is 28.0 Å². The molecule has 4 heteroatoms. The summed E-state index contributed by atoms with van der Waals surface area (Å²) in [5.41, 5.74) is 1.51. The Morgan fingerprint density at radius 3 is 2.38 bits per heavy atom. The maximum absolute atomic E-state index is 11.3. The van der Waals surface area contributed by atoms with Crippen LogP contribution in [-0.2, 0) is 9.53 Å². The molecule has 0 aliphatic carbocycles. The van der Waals surface area contributed by atoms with E-state index >= 15 is 0 Å². The molecule has 1 aromatic carbocycles. The van der Waals surface area contributed by atoms with Gasteiger partial charge < -0.3 is 9.47 Å². The number of esters is 1. The normalized spacial score (nSPS) is 11.1. The van der Waals surface area contributed by atoms with Gasteiger partial charge in [-0.25, -0.2) is 4.79 Å². The van der Waals surface area contributed by atoms with E-state index in [-0.39, 0.29) is 5.97 Å². The third-order valence-corrected chi connectivity index (χ3v) is 2.65. The summed E-state index contributed by atoms with van der Waals surface area (Å²) in [4.78, 5) is 11.3. The lowest BCUT2D eigenvalue weighted by atomic mass is 10.1. The van der Waals surface area contributed by atoms with Crippen molar-refractivity contribution in [1.82, 2.24) is 0 Å². The summed E-state index contributed by atoms with van der Waals surface area (Å²) in [6.07, 6.45) is 1.78. The van der Waals surface area contributed by atoms with Crippen molar-refractivity contribution in [3.8, 4) is 5.75 Å².